The Morgan fingerprint density at radius 3 is 2.88 bits per heavy atom. The van der Waals surface area contributed by atoms with Gasteiger partial charge in [-0.05, 0) is 53.1 Å². The Morgan fingerprint density at radius 2 is 2.00 bits per heavy atom. The molecule has 6 rings (SSSR count). The van der Waals surface area contributed by atoms with Gasteiger partial charge in [0.05, 0.1) is 31.0 Å². The number of rotatable bonds is 5. The van der Waals surface area contributed by atoms with Crippen molar-refractivity contribution in [3.8, 4) is 11.6 Å². The van der Waals surface area contributed by atoms with E-state index in [0.29, 0.717) is 40.3 Å². The smallest absolute Gasteiger partial charge is 0.342 e. The molecule has 4 heterocycles. The summed E-state index contributed by atoms with van der Waals surface area (Å²) >= 11 is 1.11. The monoisotopic (exact) mass is 473 g/mol. The van der Waals surface area contributed by atoms with Gasteiger partial charge in [0.2, 0.25) is 5.88 Å². The lowest BCUT2D eigenvalue weighted by Gasteiger charge is -2.26. The van der Waals surface area contributed by atoms with Crippen molar-refractivity contribution < 1.29 is 24.1 Å². The molecule has 4 aromatic rings. The highest BCUT2D eigenvalue weighted by molar-refractivity contribution is 7.00. The number of ether oxygens (including phenoxy) is 3. The van der Waals surface area contributed by atoms with Gasteiger partial charge in [-0.2, -0.15) is 8.75 Å². The van der Waals surface area contributed by atoms with Gasteiger partial charge in [0.25, 0.3) is 5.79 Å². The number of fused-ring (bicyclic) bond motifs is 2. The van der Waals surface area contributed by atoms with Crippen LogP contribution in [0.3, 0.4) is 0 Å². The molecule has 2 aromatic heterocycles. The summed E-state index contributed by atoms with van der Waals surface area (Å²) in [5.41, 5.74) is 5.05. The number of benzene rings is 2. The summed E-state index contributed by atoms with van der Waals surface area (Å²) < 4.78 is 25.1. The molecule has 170 valence electrons. The molecule has 0 aliphatic carbocycles. The zero-order valence-corrected chi connectivity index (χ0v) is 19.0. The number of hydrogen-bond donors (Lipinski definition) is 1. The van der Waals surface area contributed by atoms with Crippen LogP contribution < -0.4 is 9.47 Å². The van der Waals surface area contributed by atoms with Crippen molar-refractivity contribution in [3.05, 3.63) is 82.6 Å². The Balaban J connectivity index is 1.54. The van der Waals surface area contributed by atoms with E-state index >= 15 is 0 Å². The largest absolute Gasteiger partial charge is 0.493 e. The van der Waals surface area contributed by atoms with Crippen LogP contribution in [-0.2, 0) is 28.2 Å². The molecule has 0 radical (unpaired) electrons. The zero-order valence-electron chi connectivity index (χ0n) is 18.1. The predicted molar refractivity (Wildman–Crippen MR) is 124 cm³/mol. The highest BCUT2D eigenvalue weighted by Crippen LogP contribution is 2.46. The van der Waals surface area contributed by atoms with Crippen molar-refractivity contribution in [2.24, 2.45) is 0 Å². The van der Waals surface area contributed by atoms with Crippen LogP contribution in [0.15, 0.2) is 60.3 Å². The first-order chi connectivity index (χ1) is 16.5. The number of carbonyl (C=O) groups is 1. The summed E-state index contributed by atoms with van der Waals surface area (Å²) in [6, 6.07) is 14.4. The summed E-state index contributed by atoms with van der Waals surface area (Å²) in [6.45, 7) is 0.587. The van der Waals surface area contributed by atoms with E-state index in [1.165, 1.54) is 0 Å². The van der Waals surface area contributed by atoms with Gasteiger partial charge in [-0.25, -0.2) is 9.78 Å². The van der Waals surface area contributed by atoms with E-state index in [1.54, 1.807) is 37.6 Å². The number of methoxy groups -OCH3 is 1. The van der Waals surface area contributed by atoms with Crippen molar-refractivity contribution in [2.45, 2.75) is 18.6 Å². The molecule has 2 aromatic carbocycles. The Morgan fingerprint density at radius 1 is 1.12 bits per heavy atom. The van der Waals surface area contributed by atoms with E-state index < -0.39 is 11.8 Å². The standard InChI is InChI=1S/C25H19N3O5S/c1-31-22-11-14(6-8-26-22)10-18-23(16-2-4-19-20(13-16)28-34-27-19)24(29)33-25(18,30)17-3-5-21-15(12-17)7-9-32-21/h2-6,8,11-13,30H,7,9-10H2,1H3. The summed E-state index contributed by atoms with van der Waals surface area (Å²) in [5.74, 6) is -1.31. The van der Waals surface area contributed by atoms with E-state index in [0.717, 1.165) is 40.5 Å². The summed E-state index contributed by atoms with van der Waals surface area (Å²) in [5, 5.41) is 11.9. The minimum atomic E-state index is -1.93. The number of aromatic nitrogens is 3. The van der Waals surface area contributed by atoms with Crippen LogP contribution in [0, 0.1) is 0 Å². The van der Waals surface area contributed by atoms with E-state index in [9.17, 15) is 9.90 Å². The molecule has 0 fully saturated rings. The molecule has 2 aliphatic rings. The summed E-state index contributed by atoms with van der Waals surface area (Å²) in [6.07, 6.45) is 2.61. The van der Waals surface area contributed by atoms with Crippen molar-refractivity contribution >= 4 is 34.3 Å². The molecule has 1 N–H and O–H groups in total. The first-order valence-electron chi connectivity index (χ1n) is 10.7. The lowest BCUT2D eigenvalue weighted by Crippen LogP contribution is -2.30. The van der Waals surface area contributed by atoms with Crippen LogP contribution in [0.1, 0.15) is 22.3 Å². The van der Waals surface area contributed by atoms with Crippen molar-refractivity contribution in [1.82, 2.24) is 13.7 Å². The highest BCUT2D eigenvalue weighted by atomic mass is 32.1. The number of hydrogen-bond acceptors (Lipinski definition) is 9. The van der Waals surface area contributed by atoms with Crippen molar-refractivity contribution in [3.63, 3.8) is 0 Å². The third-order valence-corrected chi connectivity index (χ3v) is 6.72. The molecule has 1 unspecified atom stereocenters. The molecule has 9 heteroatoms. The fourth-order valence-corrected chi connectivity index (χ4v) is 5.00. The van der Waals surface area contributed by atoms with Crippen LogP contribution in [0.4, 0.5) is 0 Å². The van der Waals surface area contributed by atoms with Gasteiger partial charge in [-0.3, -0.25) is 0 Å². The average molecular weight is 474 g/mol. The summed E-state index contributed by atoms with van der Waals surface area (Å²) in [7, 11) is 1.54. The molecule has 1 atom stereocenters. The maximum atomic E-state index is 13.3. The van der Waals surface area contributed by atoms with Gasteiger partial charge in [0, 0.05) is 36.2 Å². The molecule has 0 amide bonds. The van der Waals surface area contributed by atoms with Crippen LogP contribution in [0.5, 0.6) is 11.6 Å². The van der Waals surface area contributed by atoms with Gasteiger partial charge in [-0.15, -0.1) is 0 Å². The fraction of sp³-hybridized carbons (Fsp3) is 0.200. The Labute approximate surface area is 198 Å². The third-order valence-electron chi connectivity index (χ3n) is 6.17. The number of nitrogens with zero attached hydrogens (tertiary/aromatic N) is 3. The molecule has 34 heavy (non-hydrogen) atoms. The average Bonchev–Trinajstić information content (AvgIpc) is 3.57. The molecule has 2 aliphatic heterocycles. The van der Waals surface area contributed by atoms with Gasteiger partial charge in [0.1, 0.15) is 16.8 Å². The maximum Gasteiger partial charge on any atom is 0.342 e. The van der Waals surface area contributed by atoms with E-state index in [1.807, 2.05) is 24.3 Å². The van der Waals surface area contributed by atoms with Gasteiger partial charge >= 0.3 is 5.97 Å². The topological polar surface area (TPSA) is 104 Å². The van der Waals surface area contributed by atoms with Crippen LogP contribution in [0.2, 0.25) is 0 Å². The number of aliphatic hydroxyl groups is 1. The zero-order chi connectivity index (χ0) is 23.3. The number of esters is 1. The molecular formula is C25H19N3O5S. The molecular weight excluding hydrogens is 454 g/mol. The fourth-order valence-electron chi connectivity index (χ4n) is 4.48. The molecule has 0 bridgehead atoms. The maximum absolute atomic E-state index is 13.3. The second-order valence-electron chi connectivity index (χ2n) is 8.16. The highest BCUT2D eigenvalue weighted by Gasteiger charge is 2.48. The van der Waals surface area contributed by atoms with E-state index in [4.69, 9.17) is 14.2 Å². The lowest BCUT2D eigenvalue weighted by atomic mass is 9.87. The van der Waals surface area contributed by atoms with Crippen LogP contribution in [-0.4, -0.2) is 38.5 Å². The van der Waals surface area contributed by atoms with Crippen LogP contribution in [0.25, 0.3) is 16.6 Å². The minimum absolute atomic E-state index is 0.247. The SMILES string of the molecule is COc1cc(CC2=C(c3ccc4nsnc4c3)C(=O)OC2(O)c2ccc3c(c2)CCO3)ccn1. The summed E-state index contributed by atoms with van der Waals surface area (Å²) in [4.78, 5) is 17.4. The normalized spacial score (nSPS) is 19.3. The Hall–Kier alpha value is -3.82. The third kappa shape index (κ3) is 3.32. The Bertz CT molecular complexity index is 1480. The lowest BCUT2D eigenvalue weighted by molar-refractivity contribution is -0.185. The molecule has 0 spiro atoms. The number of cyclic esters (lactones) is 1. The molecule has 0 saturated carbocycles. The number of pyridine rings is 1. The first kappa shape index (κ1) is 20.8. The molecule has 0 saturated heterocycles. The predicted octanol–water partition coefficient (Wildman–Crippen LogP) is 3.43. The first-order valence-corrected chi connectivity index (χ1v) is 11.5. The molecule has 8 nitrogen and oxygen atoms in total. The van der Waals surface area contributed by atoms with Crippen LogP contribution >= 0.6 is 11.7 Å². The Kier molecular flexibility index (Phi) is 4.82. The van der Waals surface area contributed by atoms with Gasteiger partial charge < -0.3 is 19.3 Å². The second-order valence-corrected chi connectivity index (χ2v) is 8.69. The number of carbonyl (C=O) groups excluding carboxylic acids is 1. The van der Waals surface area contributed by atoms with E-state index in [-0.39, 0.29) is 6.42 Å². The quantitative estimate of drug-likeness (QED) is 0.440. The van der Waals surface area contributed by atoms with E-state index in [2.05, 4.69) is 13.7 Å². The second kappa shape index (κ2) is 7.89. The minimum Gasteiger partial charge on any atom is -0.493 e. The van der Waals surface area contributed by atoms with Gasteiger partial charge in [-0.1, -0.05) is 6.07 Å². The van der Waals surface area contributed by atoms with Crippen molar-refractivity contribution in [1.29, 1.82) is 0 Å². The van der Waals surface area contributed by atoms with Gasteiger partial charge in [0.15, 0.2) is 0 Å². The van der Waals surface area contributed by atoms with Crippen molar-refractivity contribution in [2.75, 3.05) is 13.7 Å².